The standard InChI is InChI=1S/C14H30N2O/c1-3-5-6-7-9-14(17)16-12-13(8-4-2)10-11-15/h13H,3-12,15H2,1-2H3,(H,16,17). The SMILES string of the molecule is CCCCCCC(=O)NCC(CCC)CCN. The van der Waals surface area contributed by atoms with E-state index in [4.69, 9.17) is 5.73 Å². The van der Waals surface area contributed by atoms with Crippen molar-refractivity contribution in [3.05, 3.63) is 0 Å². The van der Waals surface area contributed by atoms with E-state index in [0.717, 1.165) is 38.8 Å². The summed E-state index contributed by atoms with van der Waals surface area (Å²) in [7, 11) is 0. The maximum Gasteiger partial charge on any atom is 0.220 e. The van der Waals surface area contributed by atoms with E-state index in [0.29, 0.717) is 12.3 Å². The lowest BCUT2D eigenvalue weighted by molar-refractivity contribution is -0.121. The van der Waals surface area contributed by atoms with Crippen LogP contribution in [0, 0.1) is 5.92 Å². The monoisotopic (exact) mass is 242 g/mol. The second-order valence-corrected chi connectivity index (χ2v) is 4.85. The molecule has 0 aliphatic rings. The average Bonchev–Trinajstić information content (AvgIpc) is 2.32. The van der Waals surface area contributed by atoms with Crippen LogP contribution in [0.25, 0.3) is 0 Å². The number of nitrogens with one attached hydrogen (secondary N) is 1. The minimum Gasteiger partial charge on any atom is -0.356 e. The van der Waals surface area contributed by atoms with Gasteiger partial charge >= 0.3 is 0 Å². The van der Waals surface area contributed by atoms with Crippen LogP contribution in [0.5, 0.6) is 0 Å². The van der Waals surface area contributed by atoms with E-state index in [1.807, 2.05) is 0 Å². The molecule has 0 aromatic rings. The summed E-state index contributed by atoms with van der Waals surface area (Å²) in [6, 6.07) is 0. The predicted molar refractivity (Wildman–Crippen MR) is 73.8 cm³/mol. The van der Waals surface area contributed by atoms with Crippen LogP contribution < -0.4 is 11.1 Å². The molecule has 0 rings (SSSR count). The molecule has 3 heteroatoms. The molecule has 17 heavy (non-hydrogen) atoms. The van der Waals surface area contributed by atoms with Gasteiger partial charge in [0.05, 0.1) is 0 Å². The normalized spacial score (nSPS) is 12.4. The first-order valence-electron chi connectivity index (χ1n) is 7.21. The first kappa shape index (κ1) is 16.4. The lowest BCUT2D eigenvalue weighted by Gasteiger charge is -2.15. The Bertz CT molecular complexity index is 177. The third-order valence-corrected chi connectivity index (χ3v) is 3.12. The zero-order valence-electron chi connectivity index (χ0n) is 11.6. The van der Waals surface area contributed by atoms with Gasteiger partial charge in [-0.3, -0.25) is 4.79 Å². The molecule has 0 saturated heterocycles. The summed E-state index contributed by atoms with van der Waals surface area (Å²) in [5.74, 6) is 0.767. The Balaban J connectivity index is 3.57. The zero-order chi connectivity index (χ0) is 12.9. The van der Waals surface area contributed by atoms with E-state index in [1.54, 1.807) is 0 Å². The first-order valence-corrected chi connectivity index (χ1v) is 7.21. The third kappa shape index (κ3) is 10.3. The molecule has 1 atom stereocenters. The molecule has 3 nitrogen and oxygen atoms in total. The van der Waals surface area contributed by atoms with E-state index in [9.17, 15) is 4.79 Å². The summed E-state index contributed by atoms with van der Waals surface area (Å²) < 4.78 is 0. The van der Waals surface area contributed by atoms with E-state index in [1.165, 1.54) is 19.3 Å². The highest BCUT2D eigenvalue weighted by molar-refractivity contribution is 5.75. The van der Waals surface area contributed by atoms with Gasteiger partial charge in [-0.15, -0.1) is 0 Å². The molecule has 0 radical (unpaired) electrons. The first-order chi connectivity index (χ1) is 8.24. The highest BCUT2D eigenvalue weighted by atomic mass is 16.1. The van der Waals surface area contributed by atoms with Gasteiger partial charge in [0.25, 0.3) is 0 Å². The van der Waals surface area contributed by atoms with Gasteiger partial charge in [-0.25, -0.2) is 0 Å². The van der Waals surface area contributed by atoms with Crippen molar-refractivity contribution >= 4 is 5.91 Å². The Morgan fingerprint density at radius 2 is 1.88 bits per heavy atom. The summed E-state index contributed by atoms with van der Waals surface area (Å²) in [5.41, 5.74) is 5.57. The lowest BCUT2D eigenvalue weighted by atomic mass is 10.00. The summed E-state index contributed by atoms with van der Waals surface area (Å²) >= 11 is 0. The summed E-state index contributed by atoms with van der Waals surface area (Å²) in [6.07, 6.45) is 8.67. The number of amides is 1. The fourth-order valence-corrected chi connectivity index (χ4v) is 2.05. The molecule has 1 unspecified atom stereocenters. The van der Waals surface area contributed by atoms with Crippen LogP contribution >= 0.6 is 0 Å². The predicted octanol–water partition coefficient (Wildman–Crippen LogP) is 2.84. The quantitative estimate of drug-likeness (QED) is 0.547. The minimum absolute atomic E-state index is 0.208. The van der Waals surface area contributed by atoms with E-state index >= 15 is 0 Å². The van der Waals surface area contributed by atoms with Crippen LogP contribution in [0.15, 0.2) is 0 Å². The number of carbonyl (C=O) groups excluding carboxylic acids is 1. The minimum atomic E-state index is 0.208. The maximum atomic E-state index is 11.6. The van der Waals surface area contributed by atoms with E-state index < -0.39 is 0 Å². The fraction of sp³-hybridized carbons (Fsp3) is 0.929. The highest BCUT2D eigenvalue weighted by Crippen LogP contribution is 2.09. The average molecular weight is 242 g/mol. The van der Waals surface area contributed by atoms with Gasteiger partial charge in [-0.05, 0) is 31.7 Å². The van der Waals surface area contributed by atoms with Gasteiger partial charge in [0, 0.05) is 13.0 Å². The van der Waals surface area contributed by atoms with Gasteiger partial charge in [0.2, 0.25) is 5.91 Å². The van der Waals surface area contributed by atoms with Crippen LogP contribution in [-0.4, -0.2) is 19.0 Å². The van der Waals surface area contributed by atoms with Crippen molar-refractivity contribution in [1.29, 1.82) is 0 Å². The number of hydrogen-bond donors (Lipinski definition) is 2. The molecular weight excluding hydrogens is 212 g/mol. The molecule has 0 heterocycles. The number of nitrogens with two attached hydrogens (primary N) is 1. The second-order valence-electron chi connectivity index (χ2n) is 4.85. The topological polar surface area (TPSA) is 55.1 Å². The summed E-state index contributed by atoms with van der Waals surface area (Å²) in [5, 5.41) is 3.03. The molecule has 3 N–H and O–H groups in total. The van der Waals surface area contributed by atoms with Crippen molar-refractivity contribution in [1.82, 2.24) is 5.32 Å². The summed E-state index contributed by atoms with van der Waals surface area (Å²) in [6.45, 7) is 5.88. The Morgan fingerprint density at radius 1 is 1.12 bits per heavy atom. The molecule has 102 valence electrons. The lowest BCUT2D eigenvalue weighted by Crippen LogP contribution is -2.30. The fourth-order valence-electron chi connectivity index (χ4n) is 2.05. The molecule has 0 aromatic heterocycles. The second kappa shape index (κ2) is 11.9. The van der Waals surface area contributed by atoms with Crippen molar-refractivity contribution in [2.45, 2.75) is 65.2 Å². The van der Waals surface area contributed by atoms with Crippen LogP contribution in [0.1, 0.15) is 65.2 Å². The highest BCUT2D eigenvalue weighted by Gasteiger charge is 2.08. The van der Waals surface area contributed by atoms with Crippen LogP contribution in [0.4, 0.5) is 0 Å². The molecule has 0 saturated carbocycles. The molecule has 0 aliphatic carbocycles. The summed E-state index contributed by atoms with van der Waals surface area (Å²) in [4.78, 5) is 11.6. The number of rotatable bonds is 11. The van der Waals surface area contributed by atoms with Gasteiger partial charge in [0.15, 0.2) is 0 Å². The number of carbonyl (C=O) groups is 1. The molecule has 0 spiro atoms. The Hall–Kier alpha value is -0.570. The Kier molecular flexibility index (Phi) is 11.5. The van der Waals surface area contributed by atoms with E-state index in [-0.39, 0.29) is 5.91 Å². The van der Waals surface area contributed by atoms with Crippen molar-refractivity contribution in [3.8, 4) is 0 Å². The largest absolute Gasteiger partial charge is 0.356 e. The molecule has 1 amide bonds. The Labute approximate surface area is 107 Å². The maximum absolute atomic E-state index is 11.6. The van der Waals surface area contributed by atoms with Gasteiger partial charge in [0.1, 0.15) is 0 Å². The van der Waals surface area contributed by atoms with Crippen molar-refractivity contribution in [2.75, 3.05) is 13.1 Å². The van der Waals surface area contributed by atoms with Crippen molar-refractivity contribution < 1.29 is 4.79 Å². The number of unbranched alkanes of at least 4 members (excludes halogenated alkanes) is 3. The van der Waals surface area contributed by atoms with Gasteiger partial charge < -0.3 is 11.1 Å². The number of hydrogen-bond acceptors (Lipinski definition) is 2. The smallest absolute Gasteiger partial charge is 0.220 e. The molecule has 0 bridgehead atoms. The van der Waals surface area contributed by atoms with Gasteiger partial charge in [-0.2, -0.15) is 0 Å². The Morgan fingerprint density at radius 3 is 2.47 bits per heavy atom. The van der Waals surface area contributed by atoms with Crippen LogP contribution in [0.2, 0.25) is 0 Å². The van der Waals surface area contributed by atoms with Crippen LogP contribution in [0.3, 0.4) is 0 Å². The van der Waals surface area contributed by atoms with Crippen LogP contribution in [-0.2, 0) is 4.79 Å². The molecule has 0 aliphatic heterocycles. The van der Waals surface area contributed by atoms with E-state index in [2.05, 4.69) is 19.2 Å². The van der Waals surface area contributed by atoms with Crippen molar-refractivity contribution in [2.24, 2.45) is 11.7 Å². The van der Waals surface area contributed by atoms with Gasteiger partial charge in [-0.1, -0.05) is 39.5 Å². The third-order valence-electron chi connectivity index (χ3n) is 3.12. The molecule has 0 aromatic carbocycles. The zero-order valence-corrected chi connectivity index (χ0v) is 11.6. The molecule has 0 fully saturated rings. The van der Waals surface area contributed by atoms with Crippen molar-refractivity contribution in [3.63, 3.8) is 0 Å². The molecular formula is C14H30N2O.